The van der Waals surface area contributed by atoms with Crippen molar-refractivity contribution >= 4 is 21.6 Å². The maximum atomic E-state index is 5.67. The third-order valence-electron chi connectivity index (χ3n) is 3.30. The second kappa shape index (κ2) is 7.12. The summed E-state index contributed by atoms with van der Waals surface area (Å²) >= 11 is 3.55. The Bertz CT molecular complexity index is 373. The molecule has 1 N–H and O–H groups in total. The van der Waals surface area contributed by atoms with E-state index in [4.69, 9.17) is 4.74 Å². The number of para-hydroxylation sites is 1. The van der Waals surface area contributed by atoms with Crippen molar-refractivity contribution in [2.75, 3.05) is 38.1 Å². The van der Waals surface area contributed by atoms with Crippen LogP contribution in [0, 0.1) is 0 Å². The van der Waals surface area contributed by atoms with Gasteiger partial charge in [0, 0.05) is 36.3 Å². The lowest BCUT2D eigenvalue weighted by Crippen LogP contribution is -2.43. The highest BCUT2D eigenvalue weighted by molar-refractivity contribution is 9.10. The molecule has 1 saturated heterocycles. The standard InChI is InChI=1S/C14H21BrN2O/c1-2-12-11-17(9-10-18-12)8-7-16-14-6-4-3-5-13(14)15/h3-6,12,16H,2,7-11H2,1H3. The number of nitrogens with one attached hydrogen (secondary N) is 1. The smallest absolute Gasteiger partial charge is 0.0700 e. The van der Waals surface area contributed by atoms with E-state index in [9.17, 15) is 0 Å². The quantitative estimate of drug-likeness (QED) is 0.904. The minimum absolute atomic E-state index is 0.419. The summed E-state index contributed by atoms with van der Waals surface area (Å²) in [4.78, 5) is 2.47. The van der Waals surface area contributed by atoms with Crippen molar-refractivity contribution in [2.45, 2.75) is 19.4 Å². The van der Waals surface area contributed by atoms with Crippen LogP contribution in [0.15, 0.2) is 28.7 Å². The third kappa shape index (κ3) is 3.97. The number of halogens is 1. The number of benzene rings is 1. The zero-order valence-corrected chi connectivity index (χ0v) is 12.4. The van der Waals surface area contributed by atoms with Gasteiger partial charge in [-0.3, -0.25) is 4.90 Å². The maximum absolute atomic E-state index is 5.67. The molecule has 0 aromatic heterocycles. The third-order valence-corrected chi connectivity index (χ3v) is 3.99. The van der Waals surface area contributed by atoms with Gasteiger partial charge in [0.1, 0.15) is 0 Å². The highest BCUT2D eigenvalue weighted by Gasteiger charge is 2.18. The largest absolute Gasteiger partial charge is 0.383 e. The van der Waals surface area contributed by atoms with Crippen molar-refractivity contribution in [1.82, 2.24) is 4.90 Å². The van der Waals surface area contributed by atoms with Gasteiger partial charge in [-0.2, -0.15) is 0 Å². The summed E-state index contributed by atoms with van der Waals surface area (Å²) in [7, 11) is 0. The molecule has 0 aliphatic carbocycles. The molecule has 3 nitrogen and oxygen atoms in total. The van der Waals surface area contributed by atoms with E-state index in [2.05, 4.69) is 51.3 Å². The Morgan fingerprint density at radius 3 is 3.06 bits per heavy atom. The Kier molecular flexibility index (Phi) is 5.47. The lowest BCUT2D eigenvalue weighted by atomic mass is 10.2. The van der Waals surface area contributed by atoms with Gasteiger partial charge in [0.05, 0.1) is 12.7 Å². The van der Waals surface area contributed by atoms with Crippen LogP contribution in [-0.2, 0) is 4.74 Å². The van der Waals surface area contributed by atoms with Gasteiger partial charge < -0.3 is 10.1 Å². The molecular formula is C14H21BrN2O. The molecule has 0 spiro atoms. The molecule has 1 unspecified atom stereocenters. The average Bonchev–Trinajstić information content (AvgIpc) is 2.41. The number of hydrogen-bond acceptors (Lipinski definition) is 3. The summed E-state index contributed by atoms with van der Waals surface area (Å²) in [5.41, 5.74) is 1.16. The molecule has 1 atom stereocenters. The lowest BCUT2D eigenvalue weighted by molar-refractivity contribution is -0.0282. The summed E-state index contributed by atoms with van der Waals surface area (Å²) in [6, 6.07) is 8.24. The maximum Gasteiger partial charge on any atom is 0.0700 e. The first-order valence-corrected chi connectivity index (χ1v) is 7.41. The molecular weight excluding hydrogens is 292 g/mol. The molecule has 0 saturated carbocycles. The highest BCUT2D eigenvalue weighted by Crippen LogP contribution is 2.20. The van der Waals surface area contributed by atoms with Crippen LogP contribution in [0.2, 0.25) is 0 Å². The second-order valence-electron chi connectivity index (χ2n) is 4.61. The van der Waals surface area contributed by atoms with E-state index in [0.717, 1.165) is 49.4 Å². The monoisotopic (exact) mass is 312 g/mol. The number of nitrogens with zero attached hydrogens (tertiary/aromatic N) is 1. The van der Waals surface area contributed by atoms with Crippen LogP contribution < -0.4 is 5.32 Å². The summed E-state index contributed by atoms with van der Waals surface area (Å²) in [5.74, 6) is 0. The molecule has 0 radical (unpaired) electrons. The van der Waals surface area contributed by atoms with Crippen molar-refractivity contribution in [3.8, 4) is 0 Å². The number of morpholine rings is 1. The number of rotatable bonds is 5. The van der Waals surface area contributed by atoms with Crippen LogP contribution in [0.5, 0.6) is 0 Å². The first-order valence-electron chi connectivity index (χ1n) is 6.62. The van der Waals surface area contributed by atoms with Gasteiger partial charge in [-0.25, -0.2) is 0 Å². The summed E-state index contributed by atoms with van der Waals surface area (Å²) in [6.07, 6.45) is 1.52. The molecule has 0 amide bonds. The van der Waals surface area contributed by atoms with Gasteiger partial charge in [0.25, 0.3) is 0 Å². The molecule has 1 aliphatic rings. The van der Waals surface area contributed by atoms with E-state index in [-0.39, 0.29) is 0 Å². The molecule has 18 heavy (non-hydrogen) atoms. The fourth-order valence-corrected chi connectivity index (χ4v) is 2.61. The van der Waals surface area contributed by atoms with E-state index < -0.39 is 0 Å². The van der Waals surface area contributed by atoms with Crippen LogP contribution in [0.4, 0.5) is 5.69 Å². The highest BCUT2D eigenvalue weighted by atomic mass is 79.9. The van der Waals surface area contributed by atoms with E-state index in [0.29, 0.717) is 6.10 Å². The van der Waals surface area contributed by atoms with Crippen molar-refractivity contribution in [3.05, 3.63) is 28.7 Å². The van der Waals surface area contributed by atoms with Crippen molar-refractivity contribution in [1.29, 1.82) is 0 Å². The van der Waals surface area contributed by atoms with Gasteiger partial charge >= 0.3 is 0 Å². The topological polar surface area (TPSA) is 24.5 Å². The molecule has 1 heterocycles. The molecule has 1 aromatic rings. The number of hydrogen-bond donors (Lipinski definition) is 1. The van der Waals surface area contributed by atoms with Crippen molar-refractivity contribution < 1.29 is 4.74 Å². The second-order valence-corrected chi connectivity index (χ2v) is 5.46. The van der Waals surface area contributed by atoms with Crippen LogP contribution in [0.1, 0.15) is 13.3 Å². The van der Waals surface area contributed by atoms with E-state index in [1.807, 2.05) is 6.07 Å². The SMILES string of the molecule is CCC1CN(CCNc2ccccc2Br)CCO1. The molecule has 4 heteroatoms. The van der Waals surface area contributed by atoms with Gasteiger partial charge in [0.15, 0.2) is 0 Å². The first kappa shape index (κ1) is 13.8. The first-order chi connectivity index (χ1) is 8.79. The number of anilines is 1. The Balaban J connectivity index is 1.73. The van der Waals surface area contributed by atoms with Crippen LogP contribution in [-0.4, -0.2) is 43.8 Å². The Morgan fingerprint density at radius 2 is 2.28 bits per heavy atom. The predicted octanol–water partition coefficient (Wildman–Crippen LogP) is 2.97. The van der Waals surface area contributed by atoms with Crippen LogP contribution >= 0.6 is 15.9 Å². The molecule has 100 valence electrons. The summed E-state index contributed by atoms with van der Waals surface area (Å²) < 4.78 is 6.80. The molecule has 1 aliphatic heterocycles. The van der Waals surface area contributed by atoms with Gasteiger partial charge in [-0.15, -0.1) is 0 Å². The predicted molar refractivity (Wildman–Crippen MR) is 79.1 cm³/mol. The van der Waals surface area contributed by atoms with Crippen LogP contribution in [0.3, 0.4) is 0 Å². The lowest BCUT2D eigenvalue weighted by Gasteiger charge is -2.32. The van der Waals surface area contributed by atoms with Crippen molar-refractivity contribution in [3.63, 3.8) is 0 Å². The zero-order chi connectivity index (χ0) is 12.8. The van der Waals surface area contributed by atoms with E-state index >= 15 is 0 Å². The summed E-state index contributed by atoms with van der Waals surface area (Å²) in [6.45, 7) is 7.21. The Hall–Kier alpha value is -0.580. The van der Waals surface area contributed by atoms with Gasteiger partial charge in [0.2, 0.25) is 0 Å². The molecule has 0 bridgehead atoms. The molecule has 1 fully saturated rings. The Labute approximate surface area is 118 Å². The fraction of sp³-hybridized carbons (Fsp3) is 0.571. The average molecular weight is 313 g/mol. The summed E-state index contributed by atoms with van der Waals surface area (Å²) in [5, 5.41) is 3.46. The normalized spacial score (nSPS) is 20.9. The minimum atomic E-state index is 0.419. The zero-order valence-electron chi connectivity index (χ0n) is 10.9. The van der Waals surface area contributed by atoms with Crippen LogP contribution in [0.25, 0.3) is 0 Å². The molecule has 2 rings (SSSR count). The number of ether oxygens (including phenoxy) is 1. The van der Waals surface area contributed by atoms with Gasteiger partial charge in [-0.05, 0) is 34.5 Å². The van der Waals surface area contributed by atoms with E-state index in [1.54, 1.807) is 0 Å². The fourth-order valence-electron chi connectivity index (χ4n) is 2.18. The molecule has 1 aromatic carbocycles. The minimum Gasteiger partial charge on any atom is -0.383 e. The van der Waals surface area contributed by atoms with E-state index in [1.165, 1.54) is 0 Å². The van der Waals surface area contributed by atoms with Gasteiger partial charge in [-0.1, -0.05) is 19.1 Å². The Morgan fingerprint density at radius 1 is 1.44 bits per heavy atom. The van der Waals surface area contributed by atoms with Crippen molar-refractivity contribution in [2.24, 2.45) is 0 Å².